The molecule has 0 atom stereocenters. The monoisotopic (exact) mass is 470 g/mol. The lowest BCUT2D eigenvalue weighted by Crippen LogP contribution is -2.55. The van der Waals surface area contributed by atoms with Gasteiger partial charge in [0.1, 0.15) is 23.1 Å². The molecule has 0 bridgehead atoms. The zero-order valence-electron chi connectivity index (χ0n) is 16.6. The van der Waals surface area contributed by atoms with Gasteiger partial charge in [-0.05, 0) is 37.1 Å². The molecule has 0 aromatic heterocycles. The molecule has 1 fully saturated rings. The molecule has 0 unspecified atom stereocenters. The van der Waals surface area contributed by atoms with E-state index >= 15 is 0 Å². The molecule has 166 valence electrons. The van der Waals surface area contributed by atoms with Crippen LogP contribution in [0.3, 0.4) is 0 Å². The van der Waals surface area contributed by atoms with E-state index in [1.54, 1.807) is 18.2 Å². The molecule has 1 aliphatic carbocycles. The number of carbonyl (C=O) groups is 2. The number of nitrogens with one attached hydrogen (secondary N) is 2. The van der Waals surface area contributed by atoms with Crippen LogP contribution in [0.5, 0.6) is 17.2 Å². The van der Waals surface area contributed by atoms with Gasteiger partial charge in [0.05, 0.1) is 17.2 Å². The summed E-state index contributed by atoms with van der Waals surface area (Å²) in [5.74, 6) is -0.0644. The smallest absolute Gasteiger partial charge is 0.258 e. The molecule has 0 spiro atoms. The Morgan fingerprint density at radius 2 is 1.45 bits per heavy atom. The average Bonchev–Trinajstić information content (AvgIpc) is 2.72. The van der Waals surface area contributed by atoms with Crippen molar-refractivity contribution in [2.75, 3.05) is 20.3 Å². The molecule has 10 heteroatoms. The maximum absolute atomic E-state index is 13.4. The van der Waals surface area contributed by atoms with Crippen LogP contribution >= 0.6 is 23.2 Å². The molecule has 2 aromatic carbocycles. The number of halogens is 3. The Hall–Kier alpha value is -2.71. The lowest BCUT2D eigenvalue weighted by atomic mass is 9.86. The second kappa shape index (κ2) is 10.5. The third-order valence-electron chi connectivity index (χ3n) is 4.62. The van der Waals surface area contributed by atoms with Gasteiger partial charge in [0, 0.05) is 24.2 Å². The van der Waals surface area contributed by atoms with Crippen molar-refractivity contribution in [1.82, 2.24) is 10.6 Å². The summed E-state index contributed by atoms with van der Waals surface area (Å²) in [5.41, 5.74) is 0. The fourth-order valence-electron chi connectivity index (χ4n) is 2.99. The number of ether oxygens (including phenoxy) is 3. The van der Waals surface area contributed by atoms with Crippen molar-refractivity contribution in [1.29, 1.82) is 0 Å². The Balaban J connectivity index is 1.32. The number of hydrogen-bond donors (Lipinski definition) is 2. The van der Waals surface area contributed by atoms with Gasteiger partial charge in [-0.15, -0.1) is 0 Å². The van der Waals surface area contributed by atoms with E-state index in [1.807, 2.05) is 0 Å². The van der Waals surface area contributed by atoms with Crippen molar-refractivity contribution in [2.45, 2.75) is 24.9 Å². The summed E-state index contributed by atoms with van der Waals surface area (Å²) in [6, 6.07) is 8.72. The van der Waals surface area contributed by atoms with E-state index in [0.29, 0.717) is 29.4 Å². The van der Waals surface area contributed by atoms with Crippen LogP contribution < -0.4 is 24.8 Å². The van der Waals surface area contributed by atoms with Crippen molar-refractivity contribution in [3.63, 3.8) is 0 Å². The van der Waals surface area contributed by atoms with Gasteiger partial charge in [-0.1, -0.05) is 23.2 Å². The topological polar surface area (TPSA) is 85.9 Å². The van der Waals surface area contributed by atoms with Gasteiger partial charge in [-0.25, -0.2) is 4.39 Å². The van der Waals surface area contributed by atoms with Crippen LogP contribution in [-0.2, 0) is 9.59 Å². The van der Waals surface area contributed by atoms with E-state index < -0.39 is 5.82 Å². The molecule has 1 saturated carbocycles. The SMILES string of the molecule is COc1cc(OCC(=O)NC2CC(NC(=O)COc3ccc(Cl)c(F)c3)C2)ccc1Cl. The Labute approximate surface area is 188 Å². The van der Waals surface area contributed by atoms with Crippen LogP contribution in [-0.4, -0.2) is 44.2 Å². The number of methoxy groups -OCH3 is 1. The van der Waals surface area contributed by atoms with Crippen LogP contribution in [0.1, 0.15) is 12.8 Å². The summed E-state index contributed by atoms with van der Waals surface area (Å²) >= 11 is 11.5. The molecule has 1 aliphatic rings. The van der Waals surface area contributed by atoms with Gasteiger partial charge in [-0.2, -0.15) is 0 Å². The van der Waals surface area contributed by atoms with Crippen molar-refractivity contribution in [2.24, 2.45) is 0 Å². The molecule has 0 aliphatic heterocycles. The average molecular weight is 471 g/mol. The normalized spacial score (nSPS) is 17.3. The quantitative estimate of drug-likeness (QED) is 0.586. The summed E-state index contributed by atoms with van der Waals surface area (Å²) in [4.78, 5) is 24.0. The molecular weight excluding hydrogens is 450 g/mol. The van der Waals surface area contributed by atoms with E-state index in [1.165, 1.54) is 19.2 Å². The first kappa shape index (κ1) is 23.0. The van der Waals surface area contributed by atoms with E-state index in [-0.39, 0.29) is 47.9 Å². The second-order valence-corrected chi connectivity index (χ2v) is 7.76. The van der Waals surface area contributed by atoms with Crippen LogP contribution in [0.4, 0.5) is 4.39 Å². The molecule has 0 saturated heterocycles. The fourth-order valence-corrected chi connectivity index (χ4v) is 3.30. The maximum atomic E-state index is 13.4. The largest absolute Gasteiger partial charge is 0.495 e. The standard InChI is InChI=1S/C21H21Cl2FN2O5/c1-29-19-9-15(3-5-17(19)23)31-11-21(28)26-13-6-12(7-13)25-20(27)10-30-14-2-4-16(22)18(24)8-14/h2-5,8-9,12-13H,6-7,10-11H2,1H3,(H,25,27)(H,26,28). The molecular formula is C21H21Cl2FN2O5. The van der Waals surface area contributed by atoms with E-state index in [9.17, 15) is 14.0 Å². The molecule has 0 radical (unpaired) electrons. The minimum absolute atomic E-state index is 0.0161. The van der Waals surface area contributed by atoms with Gasteiger partial charge in [0.15, 0.2) is 13.2 Å². The minimum atomic E-state index is -0.615. The Morgan fingerprint density at radius 1 is 0.935 bits per heavy atom. The van der Waals surface area contributed by atoms with Crippen LogP contribution in [0.2, 0.25) is 10.0 Å². The number of hydrogen-bond acceptors (Lipinski definition) is 5. The maximum Gasteiger partial charge on any atom is 0.258 e. The fraction of sp³-hybridized carbons (Fsp3) is 0.333. The highest BCUT2D eigenvalue weighted by molar-refractivity contribution is 6.32. The third-order valence-corrected chi connectivity index (χ3v) is 5.24. The summed E-state index contributed by atoms with van der Waals surface area (Å²) in [5, 5.41) is 6.08. The molecule has 2 aromatic rings. The zero-order chi connectivity index (χ0) is 22.4. The summed E-state index contributed by atoms with van der Waals surface area (Å²) in [6.45, 7) is -0.392. The first-order chi connectivity index (χ1) is 14.8. The van der Waals surface area contributed by atoms with Crippen molar-refractivity contribution in [3.8, 4) is 17.2 Å². The van der Waals surface area contributed by atoms with Crippen molar-refractivity contribution in [3.05, 3.63) is 52.3 Å². The summed E-state index contributed by atoms with van der Waals surface area (Å²) in [6.07, 6.45) is 1.20. The van der Waals surface area contributed by atoms with Crippen LogP contribution in [0, 0.1) is 5.82 Å². The summed E-state index contributed by atoms with van der Waals surface area (Å²) in [7, 11) is 1.49. The van der Waals surface area contributed by atoms with Gasteiger partial charge < -0.3 is 24.8 Å². The van der Waals surface area contributed by atoms with Crippen molar-refractivity contribution < 1.29 is 28.2 Å². The third kappa shape index (κ3) is 6.63. The number of amides is 2. The molecule has 3 rings (SSSR count). The number of rotatable bonds is 9. The predicted molar refractivity (Wildman–Crippen MR) is 113 cm³/mol. The Bertz CT molecular complexity index is 953. The zero-order valence-corrected chi connectivity index (χ0v) is 18.1. The first-order valence-corrected chi connectivity index (χ1v) is 10.2. The van der Waals surface area contributed by atoms with Gasteiger partial charge in [0.25, 0.3) is 11.8 Å². The highest BCUT2D eigenvalue weighted by Gasteiger charge is 2.31. The molecule has 0 heterocycles. The molecule has 2 N–H and O–H groups in total. The highest BCUT2D eigenvalue weighted by Crippen LogP contribution is 2.28. The lowest BCUT2D eigenvalue weighted by Gasteiger charge is -2.36. The summed E-state index contributed by atoms with van der Waals surface area (Å²) < 4.78 is 29.2. The van der Waals surface area contributed by atoms with Gasteiger partial charge >= 0.3 is 0 Å². The van der Waals surface area contributed by atoms with E-state index in [2.05, 4.69) is 10.6 Å². The first-order valence-electron chi connectivity index (χ1n) is 9.47. The molecule has 2 amide bonds. The van der Waals surface area contributed by atoms with E-state index in [0.717, 1.165) is 6.07 Å². The second-order valence-electron chi connectivity index (χ2n) is 6.95. The van der Waals surface area contributed by atoms with Crippen molar-refractivity contribution >= 4 is 35.0 Å². The molecule has 7 nitrogen and oxygen atoms in total. The van der Waals surface area contributed by atoms with Crippen LogP contribution in [0.15, 0.2) is 36.4 Å². The van der Waals surface area contributed by atoms with Gasteiger partial charge in [-0.3, -0.25) is 9.59 Å². The Kier molecular flexibility index (Phi) is 7.81. The number of benzene rings is 2. The predicted octanol–water partition coefficient (Wildman–Crippen LogP) is 3.36. The number of carbonyl (C=O) groups excluding carboxylic acids is 2. The van der Waals surface area contributed by atoms with Crippen LogP contribution in [0.25, 0.3) is 0 Å². The lowest BCUT2D eigenvalue weighted by molar-refractivity contribution is -0.125. The highest BCUT2D eigenvalue weighted by atomic mass is 35.5. The minimum Gasteiger partial charge on any atom is -0.495 e. The van der Waals surface area contributed by atoms with Gasteiger partial charge in [0.2, 0.25) is 0 Å². The molecule has 31 heavy (non-hydrogen) atoms. The van der Waals surface area contributed by atoms with E-state index in [4.69, 9.17) is 37.4 Å². The Morgan fingerprint density at radius 3 is 1.97 bits per heavy atom.